The summed E-state index contributed by atoms with van der Waals surface area (Å²) in [6, 6.07) is 11.6. The first-order chi connectivity index (χ1) is 14.8. The molecule has 1 aliphatic rings. The highest BCUT2D eigenvalue weighted by Gasteiger charge is 2.34. The largest absolute Gasteiger partial charge is 0.342 e. The minimum atomic E-state index is -0.554. The van der Waals surface area contributed by atoms with Gasteiger partial charge in [0.15, 0.2) is 0 Å². The van der Waals surface area contributed by atoms with Crippen LogP contribution in [0.2, 0.25) is 10.0 Å². The van der Waals surface area contributed by atoms with Gasteiger partial charge in [-0.3, -0.25) is 9.59 Å². The number of carbonyl (C=O) groups is 2. The summed E-state index contributed by atoms with van der Waals surface area (Å²) in [5.74, 6) is 0.280. The molecular formula is C23H22Cl2N4O2. The van der Waals surface area contributed by atoms with Crippen LogP contribution in [0, 0.1) is 13.8 Å². The third-order valence-electron chi connectivity index (χ3n) is 5.46. The molecule has 2 amide bonds. The van der Waals surface area contributed by atoms with E-state index in [1.807, 2.05) is 38.1 Å². The molecule has 160 valence electrons. The van der Waals surface area contributed by atoms with Crippen molar-refractivity contribution in [1.82, 2.24) is 14.9 Å². The van der Waals surface area contributed by atoms with Crippen LogP contribution in [0.1, 0.15) is 34.6 Å². The van der Waals surface area contributed by atoms with Crippen LogP contribution in [-0.2, 0) is 4.79 Å². The Morgan fingerprint density at radius 1 is 1.13 bits per heavy atom. The number of aromatic nitrogens is 2. The van der Waals surface area contributed by atoms with E-state index in [0.29, 0.717) is 34.3 Å². The highest BCUT2D eigenvalue weighted by molar-refractivity contribution is 6.35. The standard InChI is InChI=1S/C23H22Cl2N4O2/c1-13-14(2)27-21(26-13)15-5-3-6-19(11-15)28-22(30)20-7-4-8-29(20)23(31)16-9-17(24)12-18(25)10-16/h3,5-6,9-12,20H,4,7-8H2,1-2H3,(H,26,27)(H,28,30)/t20-/m0/s1. The van der Waals surface area contributed by atoms with Gasteiger partial charge in [0, 0.05) is 39.1 Å². The Morgan fingerprint density at radius 2 is 1.87 bits per heavy atom. The number of rotatable bonds is 4. The van der Waals surface area contributed by atoms with Gasteiger partial charge < -0.3 is 15.2 Å². The lowest BCUT2D eigenvalue weighted by Gasteiger charge is -2.24. The lowest BCUT2D eigenvalue weighted by Crippen LogP contribution is -2.43. The molecular weight excluding hydrogens is 435 g/mol. The summed E-state index contributed by atoms with van der Waals surface area (Å²) in [4.78, 5) is 35.4. The number of anilines is 1. The highest BCUT2D eigenvalue weighted by atomic mass is 35.5. The number of hydrogen-bond donors (Lipinski definition) is 2. The van der Waals surface area contributed by atoms with Crippen LogP contribution in [0.4, 0.5) is 5.69 Å². The maximum absolute atomic E-state index is 13.0. The van der Waals surface area contributed by atoms with Crippen LogP contribution in [0.5, 0.6) is 0 Å². The summed E-state index contributed by atoms with van der Waals surface area (Å²) in [6.45, 7) is 4.42. The highest BCUT2D eigenvalue weighted by Crippen LogP contribution is 2.26. The van der Waals surface area contributed by atoms with E-state index in [4.69, 9.17) is 23.2 Å². The molecule has 31 heavy (non-hydrogen) atoms. The molecule has 1 aliphatic heterocycles. The molecule has 2 aromatic carbocycles. The van der Waals surface area contributed by atoms with Crippen molar-refractivity contribution in [3.63, 3.8) is 0 Å². The van der Waals surface area contributed by atoms with Crippen LogP contribution in [0.3, 0.4) is 0 Å². The Morgan fingerprint density at radius 3 is 2.55 bits per heavy atom. The summed E-state index contributed by atoms with van der Waals surface area (Å²) >= 11 is 12.1. The number of benzene rings is 2. The van der Waals surface area contributed by atoms with Gasteiger partial charge in [-0.05, 0) is 57.0 Å². The smallest absolute Gasteiger partial charge is 0.254 e. The number of imidazole rings is 1. The second kappa shape index (κ2) is 8.73. The number of aromatic amines is 1. The SMILES string of the molecule is Cc1nc(-c2cccc(NC(=O)[C@@H]3CCCN3C(=O)c3cc(Cl)cc(Cl)c3)c2)[nH]c1C. The summed E-state index contributed by atoms with van der Waals surface area (Å²) in [5, 5.41) is 3.72. The zero-order valence-corrected chi connectivity index (χ0v) is 18.7. The maximum atomic E-state index is 13.0. The molecule has 0 saturated carbocycles. The molecule has 0 spiro atoms. The van der Waals surface area contributed by atoms with E-state index in [0.717, 1.165) is 29.2 Å². The normalized spacial score (nSPS) is 15.9. The quantitative estimate of drug-likeness (QED) is 0.562. The first-order valence-electron chi connectivity index (χ1n) is 10.0. The monoisotopic (exact) mass is 456 g/mol. The fraction of sp³-hybridized carbons (Fsp3) is 0.261. The molecule has 0 bridgehead atoms. The zero-order valence-electron chi connectivity index (χ0n) is 17.2. The molecule has 0 unspecified atom stereocenters. The number of nitrogens with one attached hydrogen (secondary N) is 2. The number of H-pyrrole nitrogens is 1. The fourth-order valence-electron chi connectivity index (χ4n) is 3.78. The number of hydrogen-bond acceptors (Lipinski definition) is 3. The van der Waals surface area contributed by atoms with Crippen LogP contribution in [-0.4, -0.2) is 39.3 Å². The summed E-state index contributed by atoms with van der Waals surface area (Å²) in [6.07, 6.45) is 1.35. The van der Waals surface area contributed by atoms with Gasteiger partial charge in [0.1, 0.15) is 11.9 Å². The predicted octanol–water partition coefficient (Wildman–Crippen LogP) is 5.24. The van der Waals surface area contributed by atoms with Crippen molar-refractivity contribution < 1.29 is 9.59 Å². The first-order valence-corrected chi connectivity index (χ1v) is 10.8. The number of aryl methyl sites for hydroxylation is 2. The van der Waals surface area contributed by atoms with Crippen LogP contribution >= 0.6 is 23.2 Å². The zero-order chi connectivity index (χ0) is 22.1. The predicted molar refractivity (Wildman–Crippen MR) is 123 cm³/mol. The van der Waals surface area contributed by atoms with Gasteiger partial charge in [-0.1, -0.05) is 35.3 Å². The lowest BCUT2D eigenvalue weighted by atomic mass is 10.1. The molecule has 6 nitrogen and oxygen atoms in total. The molecule has 1 saturated heterocycles. The molecule has 1 atom stereocenters. The maximum Gasteiger partial charge on any atom is 0.254 e. The van der Waals surface area contributed by atoms with E-state index in [9.17, 15) is 9.59 Å². The van der Waals surface area contributed by atoms with Gasteiger partial charge in [0.05, 0.1) is 5.69 Å². The van der Waals surface area contributed by atoms with E-state index in [1.54, 1.807) is 23.1 Å². The second-order valence-corrected chi connectivity index (χ2v) is 8.55. The van der Waals surface area contributed by atoms with Crippen molar-refractivity contribution in [1.29, 1.82) is 0 Å². The molecule has 8 heteroatoms. The Bertz CT molecular complexity index is 1120. The minimum absolute atomic E-state index is 0.220. The van der Waals surface area contributed by atoms with Gasteiger partial charge in [-0.25, -0.2) is 4.98 Å². The van der Waals surface area contributed by atoms with Crippen LogP contribution in [0.15, 0.2) is 42.5 Å². The van der Waals surface area contributed by atoms with Gasteiger partial charge in [-0.15, -0.1) is 0 Å². The fourth-order valence-corrected chi connectivity index (χ4v) is 4.31. The molecule has 2 N–H and O–H groups in total. The summed E-state index contributed by atoms with van der Waals surface area (Å²) in [7, 11) is 0. The van der Waals surface area contributed by atoms with Crippen molar-refractivity contribution in [2.24, 2.45) is 0 Å². The van der Waals surface area contributed by atoms with E-state index < -0.39 is 6.04 Å². The van der Waals surface area contributed by atoms with Crippen LogP contribution in [0.25, 0.3) is 11.4 Å². The molecule has 1 aromatic heterocycles. The second-order valence-electron chi connectivity index (χ2n) is 7.68. The van der Waals surface area contributed by atoms with Crippen molar-refractivity contribution in [3.05, 3.63) is 69.5 Å². The third kappa shape index (κ3) is 4.60. The van der Waals surface area contributed by atoms with Crippen molar-refractivity contribution in [3.8, 4) is 11.4 Å². The average Bonchev–Trinajstić information content (AvgIpc) is 3.34. The number of likely N-dealkylation sites (tertiary alicyclic amines) is 1. The Kier molecular flexibility index (Phi) is 6.03. The number of carbonyl (C=O) groups excluding carboxylic acids is 2. The van der Waals surface area contributed by atoms with Crippen molar-refractivity contribution in [2.45, 2.75) is 32.7 Å². The van der Waals surface area contributed by atoms with E-state index in [-0.39, 0.29) is 11.8 Å². The number of halogens is 2. The summed E-state index contributed by atoms with van der Waals surface area (Å²) in [5.41, 5.74) is 3.85. The van der Waals surface area contributed by atoms with Crippen molar-refractivity contribution in [2.75, 3.05) is 11.9 Å². The molecule has 2 heterocycles. The van der Waals surface area contributed by atoms with E-state index in [2.05, 4.69) is 15.3 Å². The molecule has 0 radical (unpaired) electrons. The topological polar surface area (TPSA) is 78.1 Å². The number of nitrogens with zero attached hydrogens (tertiary/aromatic N) is 2. The summed E-state index contributed by atoms with van der Waals surface area (Å²) < 4.78 is 0. The Labute approximate surface area is 190 Å². The molecule has 4 rings (SSSR count). The lowest BCUT2D eigenvalue weighted by molar-refractivity contribution is -0.119. The Hall–Kier alpha value is -2.83. The van der Waals surface area contributed by atoms with Gasteiger partial charge >= 0.3 is 0 Å². The third-order valence-corrected chi connectivity index (χ3v) is 5.89. The molecule has 3 aromatic rings. The Balaban J connectivity index is 1.51. The van der Waals surface area contributed by atoms with Crippen LogP contribution < -0.4 is 5.32 Å². The van der Waals surface area contributed by atoms with Gasteiger partial charge in [0.2, 0.25) is 5.91 Å². The number of amides is 2. The van der Waals surface area contributed by atoms with Crippen molar-refractivity contribution >= 4 is 40.7 Å². The van der Waals surface area contributed by atoms with E-state index in [1.165, 1.54) is 0 Å². The molecule has 1 fully saturated rings. The first kappa shape index (κ1) is 21.4. The van der Waals surface area contributed by atoms with E-state index >= 15 is 0 Å². The molecule has 0 aliphatic carbocycles. The van der Waals surface area contributed by atoms with Gasteiger partial charge in [0.25, 0.3) is 5.91 Å². The minimum Gasteiger partial charge on any atom is -0.342 e. The van der Waals surface area contributed by atoms with Gasteiger partial charge in [-0.2, -0.15) is 0 Å². The average molecular weight is 457 g/mol.